The lowest BCUT2D eigenvalue weighted by Gasteiger charge is -2.13. The molecule has 3 heterocycles. The van der Waals surface area contributed by atoms with Crippen LogP contribution in [0.15, 0.2) is 40.4 Å². The van der Waals surface area contributed by atoms with E-state index < -0.39 is 0 Å². The van der Waals surface area contributed by atoms with Crippen molar-refractivity contribution >= 4 is 28.7 Å². The third kappa shape index (κ3) is 3.42. The Morgan fingerprint density at radius 2 is 2.14 bits per heavy atom. The van der Waals surface area contributed by atoms with E-state index in [4.69, 9.17) is 0 Å². The lowest BCUT2D eigenvalue weighted by atomic mass is 10.2. The number of nitrogens with one attached hydrogen (secondary N) is 1. The largest absolute Gasteiger partial charge is 0.356 e. The Balaban J connectivity index is 1.65. The molecule has 1 N–H and O–H groups in total. The number of benzene rings is 1. The van der Waals surface area contributed by atoms with E-state index in [-0.39, 0.29) is 29.7 Å². The molecule has 1 unspecified atom stereocenters. The first-order valence-corrected chi connectivity index (χ1v) is 10.2. The molecule has 1 aliphatic rings. The molecule has 4 rings (SSSR count). The number of carbonyl (C=O) groups excluding carboxylic acids is 1. The first-order chi connectivity index (χ1) is 13.6. The van der Waals surface area contributed by atoms with Crippen LogP contribution in [0.2, 0.25) is 0 Å². The number of fused-ring (bicyclic) bond motifs is 2. The molecule has 0 saturated carbocycles. The van der Waals surface area contributed by atoms with Crippen molar-refractivity contribution in [3.8, 4) is 5.69 Å². The zero-order valence-corrected chi connectivity index (χ0v) is 16.2. The molecule has 0 radical (unpaired) electrons. The topological polar surface area (TPSA) is 81.8 Å². The van der Waals surface area contributed by atoms with E-state index in [9.17, 15) is 14.0 Å². The summed E-state index contributed by atoms with van der Waals surface area (Å²) < 4.78 is 16.3. The van der Waals surface area contributed by atoms with Crippen molar-refractivity contribution in [2.24, 2.45) is 0 Å². The van der Waals surface area contributed by atoms with E-state index in [2.05, 4.69) is 22.3 Å². The molecule has 1 atom stereocenters. The van der Waals surface area contributed by atoms with Crippen molar-refractivity contribution in [2.45, 2.75) is 37.4 Å². The number of rotatable bonds is 6. The van der Waals surface area contributed by atoms with Gasteiger partial charge in [0.15, 0.2) is 10.8 Å². The summed E-state index contributed by atoms with van der Waals surface area (Å²) in [7, 11) is 0. The summed E-state index contributed by atoms with van der Waals surface area (Å²) in [6.45, 7) is 2.72. The molecule has 28 heavy (non-hydrogen) atoms. The number of hydrogen-bond donors (Lipinski definition) is 1. The molecular weight excluding hydrogens is 381 g/mol. The molecule has 1 amide bonds. The van der Waals surface area contributed by atoms with Crippen LogP contribution in [0.1, 0.15) is 32.2 Å². The highest BCUT2D eigenvalue weighted by Gasteiger charge is 2.29. The standard InChI is InChI=1S/C19H20FN5O2S/c1-2-3-8-21-16(26)9-14-11-28-19-23-17-15(18(27)24(14)19)10-22-25(17)13-6-4-12(20)5-7-13/h4-7,10,14H,2-3,8-9,11H2,1H3,(H,21,26). The van der Waals surface area contributed by atoms with Crippen LogP contribution in [-0.2, 0) is 4.79 Å². The molecule has 1 aliphatic heterocycles. The van der Waals surface area contributed by atoms with Gasteiger partial charge in [-0.15, -0.1) is 0 Å². The van der Waals surface area contributed by atoms with Crippen molar-refractivity contribution in [3.05, 3.63) is 46.6 Å². The maximum absolute atomic E-state index is 13.2. The van der Waals surface area contributed by atoms with Gasteiger partial charge in [-0.05, 0) is 30.7 Å². The second kappa shape index (κ2) is 7.75. The minimum Gasteiger partial charge on any atom is -0.356 e. The van der Waals surface area contributed by atoms with E-state index in [0.29, 0.717) is 34.2 Å². The third-order valence-electron chi connectivity index (χ3n) is 4.72. The molecule has 146 valence electrons. The average Bonchev–Trinajstić information content (AvgIpc) is 3.28. The van der Waals surface area contributed by atoms with Crippen LogP contribution in [0.25, 0.3) is 16.7 Å². The van der Waals surface area contributed by atoms with Gasteiger partial charge in [-0.2, -0.15) is 5.10 Å². The minimum absolute atomic E-state index is 0.0547. The number of thioether (sulfide) groups is 1. The number of aromatic nitrogens is 4. The number of hydrogen-bond acceptors (Lipinski definition) is 5. The summed E-state index contributed by atoms with van der Waals surface area (Å²) in [4.78, 5) is 29.8. The zero-order chi connectivity index (χ0) is 19.7. The Kier molecular flexibility index (Phi) is 5.17. The van der Waals surface area contributed by atoms with E-state index >= 15 is 0 Å². The SMILES string of the molecule is CCCCNC(=O)CC1CSc2nc3c(cnn3-c3ccc(F)cc3)c(=O)n21. The fourth-order valence-corrected chi connectivity index (χ4v) is 4.37. The van der Waals surface area contributed by atoms with Crippen molar-refractivity contribution in [3.63, 3.8) is 0 Å². The van der Waals surface area contributed by atoms with Gasteiger partial charge >= 0.3 is 0 Å². The first kappa shape index (κ1) is 18.7. The smallest absolute Gasteiger partial charge is 0.265 e. The van der Waals surface area contributed by atoms with Crippen LogP contribution in [0, 0.1) is 5.82 Å². The first-order valence-electron chi connectivity index (χ1n) is 9.24. The number of halogens is 1. The summed E-state index contributed by atoms with van der Waals surface area (Å²) in [5, 5.41) is 8.12. The molecule has 0 spiro atoms. The second-order valence-corrected chi connectivity index (χ2v) is 7.70. The van der Waals surface area contributed by atoms with Crippen molar-refractivity contribution in [2.75, 3.05) is 12.3 Å². The third-order valence-corrected chi connectivity index (χ3v) is 5.81. The van der Waals surface area contributed by atoms with Gasteiger partial charge in [0.25, 0.3) is 5.56 Å². The lowest BCUT2D eigenvalue weighted by Crippen LogP contribution is -2.31. The molecular formula is C19H20FN5O2S. The van der Waals surface area contributed by atoms with Crippen molar-refractivity contribution in [1.29, 1.82) is 0 Å². The molecule has 9 heteroatoms. The van der Waals surface area contributed by atoms with Gasteiger partial charge in [0.1, 0.15) is 11.2 Å². The average molecular weight is 401 g/mol. The summed E-state index contributed by atoms with van der Waals surface area (Å²) in [5.41, 5.74) is 0.858. The molecule has 3 aromatic rings. The van der Waals surface area contributed by atoms with Crippen molar-refractivity contribution < 1.29 is 9.18 Å². The predicted molar refractivity (Wildman–Crippen MR) is 105 cm³/mol. The van der Waals surface area contributed by atoms with E-state index in [1.807, 2.05) is 0 Å². The minimum atomic E-state index is -0.343. The maximum atomic E-state index is 13.2. The van der Waals surface area contributed by atoms with Gasteiger partial charge in [-0.3, -0.25) is 14.2 Å². The van der Waals surface area contributed by atoms with Crippen LogP contribution in [-0.4, -0.2) is 37.5 Å². The Morgan fingerprint density at radius 1 is 1.36 bits per heavy atom. The second-order valence-electron chi connectivity index (χ2n) is 6.71. The molecule has 0 bridgehead atoms. The van der Waals surface area contributed by atoms with E-state index in [1.165, 1.54) is 34.8 Å². The number of unbranched alkanes of at least 4 members (excludes halogenated alkanes) is 1. The number of amides is 1. The van der Waals surface area contributed by atoms with Gasteiger partial charge in [-0.1, -0.05) is 25.1 Å². The summed E-state index contributed by atoms with van der Waals surface area (Å²) in [5.74, 6) is 0.227. The maximum Gasteiger partial charge on any atom is 0.265 e. The fraction of sp³-hybridized carbons (Fsp3) is 0.368. The molecule has 0 saturated heterocycles. The summed E-state index contributed by atoms with van der Waals surface area (Å²) in [6.07, 6.45) is 3.68. The summed E-state index contributed by atoms with van der Waals surface area (Å²) >= 11 is 1.46. The number of carbonyl (C=O) groups is 1. The Hall–Kier alpha value is -2.68. The fourth-order valence-electron chi connectivity index (χ4n) is 3.24. The van der Waals surface area contributed by atoms with Crippen LogP contribution in [0.5, 0.6) is 0 Å². The van der Waals surface area contributed by atoms with Gasteiger partial charge < -0.3 is 5.32 Å². The Labute approximate surface area is 165 Å². The Bertz CT molecular complexity index is 1080. The van der Waals surface area contributed by atoms with Gasteiger partial charge in [0.2, 0.25) is 5.91 Å². The van der Waals surface area contributed by atoms with Crippen molar-refractivity contribution in [1.82, 2.24) is 24.6 Å². The quantitative estimate of drug-likeness (QED) is 0.507. The van der Waals surface area contributed by atoms with Gasteiger partial charge in [0, 0.05) is 18.7 Å². The van der Waals surface area contributed by atoms with Crippen LogP contribution in [0.4, 0.5) is 4.39 Å². The van der Waals surface area contributed by atoms with Crippen LogP contribution >= 0.6 is 11.8 Å². The molecule has 0 aliphatic carbocycles. The predicted octanol–water partition coefficient (Wildman–Crippen LogP) is 2.67. The lowest BCUT2D eigenvalue weighted by molar-refractivity contribution is -0.121. The number of nitrogens with zero attached hydrogens (tertiary/aromatic N) is 4. The highest BCUT2D eigenvalue weighted by atomic mass is 32.2. The summed E-state index contributed by atoms with van der Waals surface area (Å²) in [6, 6.07) is 5.63. The molecule has 7 nitrogen and oxygen atoms in total. The van der Waals surface area contributed by atoms with Gasteiger partial charge in [0.05, 0.1) is 17.9 Å². The van der Waals surface area contributed by atoms with Gasteiger partial charge in [-0.25, -0.2) is 14.1 Å². The highest BCUT2D eigenvalue weighted by molar-refractivity contribution is 7.99. The Morgan fingerprint density at radius 3 is 2.89 bits per heavy atom. The van der Waals surface area contributed by atoms with Crippen LogP contribution < -0.4 is 10.9 Å². The molecule has 1 aromatic carbocycles. The molecule has 0 fully saturated rings. The van der Waals surface area contributed by atoms with E-state index in [0.717, 1.165) is 12.8 Å². The van der Waals surface area contributed by atoms with Crippen LogP contribution in [0.3, 0.4) is 0 Å². The monoisotopic (exact) mass is 401 g/mol. The highest BCUT2D eigenvalue weighted by Crippen LogP contribution is 2.33. The zero-order valence-electron chi connectivity index (χ0n) is 15.4. The normalized spacial score (nSPS) is 15.7. The van der Waals surface area contributed by atoms with E-state index in [1.54, 1.807) is 16.7 Å². The molecule has 2 aromatic heterocycles.